The van der Waals surface area contributed by atoms with Crippen molar-refractivity contribution in [2.75, 3.05) is 93.4 Å². The van der Waals surface area contributed by atoms with Gasteiger partial charge in [-0.1, -0.05) is 6.92 Å². The maximum absolute atomic E-state index is 5.69. The second-order valence-corrected chi connectivity index (χ2v) is 7.81. The molecule has 0 aromatic carbocycles. The number of nitrogens with one attached hydrogen (secondary N) is 1. The van der Waals surface area contributed by atoms with Crippen LogP contribution in [0.1, 0.15) is 13.3 Å². The Balaban J connectivity index is 1.64. The molecule has 0 radical (unpaired) electrons. The van der Waals surface area contributed by atoms with Crippen LogP contribution in [-0.2, 0) is 9.47 Å². The van der Waals surface area contributed by atoms with E-state index in [-0.39, 0.29) is 0 Å². The number of ether oxygens (including phenoxy) is 2. The van der Waals surface area contributed by atoms with E-state index < -0.39 is 0 Å². The summed E-state index contributed by atoms with van der Waals surface area (Å²) in [5.74, 6) is 2.24. The summed E-state index contributed by atoms with van der Waals surface area (Å²) in [4.78, 5) is 11.8. The van der Waals surface area contributed by atoms with E-state index in [1.54, 1.807) is 7.11 Å². The van der Waals surface area contributed by atoms with Gasteiger partial charge in [0.05, 0.1) is 19.8 Å². The van der Waals surface area contributed by atoms with Gasteiger partial charge in [-0.3, -0.25) is 4.99 Å². The van der Waals surface area contributed by atoms with Crippen molar-refractivity contribution in [1.29, 1.82) is 0 Å². The summed E-state index contributed by atoms with van der Waals surface area (Å²) in [5, 5.41) is 3.58. The number of hydrogen-bond donors (Lipinski definition) is 1. The number of methoxy groups -OCH3 is 1. The average Bonchev–Trinajstić information content (AvgIpc) is 3.10. The van der Waals surface area contributed by atoms with Crippen molar-refractivity contribution in [2.45, 2.75) is 13.3 Å². The summed E-state index contributed by atoms with van der Waals surface area (Å²) < 4.78 is 10.7. The summed E-state index contributed by atoms with van der Waals surface area (Å²) in [7, 11) is 5.80. The van der Waals surface area contributed by atoms with E-state index in [2.05, 4.69) is 39.0 Å². The van der Waals surface area contributed by atoms with Gasteiger partial charge in [-0.25, -0.2) is 0 Å². The maximum Gasteiger partial charge on any atom is 0.193 e. The zero-order valence-corrected chi connectivity index (χ0v) is 17.2. The van der Waals surface area contributed by atoms with Gasteiger partial charge in [0.1, 0.15) is 0 Å². The van der Waals surface area contributed by atoms with Crippen LogP contribution >= 0.6 is 0 Å². The highest BCUT2D eigenvalue weighted by Crippen LogP contribution is 2.16. The van der Waals surface area contributed by atoms with Gasteiger partial charge in [-0.05, 0) is 19.4 Å². The van der Waals surface area contributed by atoms with Gasteiger partial charge in [0, 0.05) is 72.4 Å². The Morgan fingerprint density at radius 1 is 1.19 bits per heavy atom. The molecule has 2 saturated heterocycles. The molecule has 2 aliphatic heterocycles. The fourth-order valence-electron chi connectivity index (χ4n) is 3.69. The zero-order chi connectivity index (χ0) is 18.8. The van der Waals surface area contributed by atoms with Crippen LogP contribution in [0.2, 0.25) is 0 Å². The summed E-state index contributed by atoms with van der Waals surface area (Å²) in [6.45, 7) is 13.5. The molecule has 0 spiro atoms. The first kappa shape index (κ1) is 21.4. The summed E-state index contributed by atoms with van der Waals surface area (Å²) in [5.41, 5.74) is 0. The van der Waals surface area contributed by atoms with Crippen LogP contribution in [0.3, 0.4) is 0 Å². The number of aliphatic imine (C=N–C) groups is 1. The first-order chi connectivity index (χ1) is 12.6. The fourth-order valence-corrected chi connectivity index (χ4v) is 3.69. The summed E-state index contributed by atoms with van der Waals surface area (Å²) >= 11 is 0. The van der Waals surface area contributed by atoms with Crippen LogP contribution in [-0.4, -0.2) is 114 Å². The van der Waals surface area contributed by atoms with Crippen LogP contribution in [0.4, 0.5) is 0 Å². The van der Waals surface area contributed by atoms with Gasteiger partial charge < -0.3 is 29.5 Å². The van der Waals surface area contributed by atoms with Crippen molar-refractivity contribution in [3.8, 4) is 0 Å². The van der Waals surface area contributed by atoms with Gasteiger partial charge in [-0.15, -0.1) is 0 Å². The number of hydrogen-bond acceptors (Lipinski definition) is 5. The lowest BCUT2D eigenvalue weighted by molar-refractivity contribution is 0.0536. The monoisotopic (exact) mass is 369 g/mol. The number of likely N-dealkylation sites (tertiary alicyclic amines) is 1. The third-order valence-electron chi connectivity index (χ3n) is 5.36. The standard InChI is InChI=1S/C19H39N5O2/c1-17(14-23-9-7-22(3)8-10-23)13-21-19(20-2)24-6-5-18(15-24)16-26-12-11-25-4/h17-18H,5-16H2,1-4H3,(H,20,21). The first-order valence-electron chi connectivity index (χ1n) is 10.1. The highest BCUT2D eigenvalue weighted by atomic mass is 16.5. The molecule has 1 N–H and O–H groups in total. The highest BCUT2D eigenvalue weighted by Gasteiger charge is 2.25. The SMILES string of the molecule is CN=C(NCC(C)CN1CCN(C)CC1)N1CCC(COCCOC)C1. The normalized spacial score (nSPS) is 24.2. The van der Waals surface area contributed by atoms with Crippen LogP contribution in [0.5, 0.6) is 0 Å². The molecule has 26 heavy (non-hydrogen) atoms. The molecule has 7 heteroatoms. The highest BCUT2D eigenvalue weighted by molar-refractivity contribution is 5.80. The van der Waals surface area contributed by atoms with Gasteiger partial charge >= 0.3 is 0 Å². The second kappa shape index (κ2) is 11.7. The van der Waals surface area contributed by atoms with Crippen molar-refractivity contribution >= 4 is 5.96 Å². The lowest BCUT2D eigenvalue weighted by atomic mass is 10.1. The lowest BCUT2D eigenvalue weighted by Gasteiger charge is -2.34. The number of piperazine rings is 1. The molecule has 2 fully saturated rings. The molecule has 0 amide bonds. The molecule has 0 aromatic heterocycles. The maximum atomic E-state index is 5.69. The van der Waals surface area contributed by atoms with E-state index in [9.17, 15) is 0 Å². The Morgan fingerprint density at radius 2 is 1.96 bits per heavy atom. The Bertz CT molecular complexity index is 413. The molecule has 2 rings (SSSR count). The number of guanidine groups is 1. The Morgan fingerprint density at radius 3 is 2.65 bits per heavy atom. The van der Waals surface area contributed by atoms with E-state index >= 15 is 0 Å². The van der Waals surface area contributed by atoms with Crippen molar-refractivity contribution in [2.24, 2.45) is 16.8 Å². The molecule has 7 nitrogen and oxygen atoms in total. The van der Waals surface area contributed by atoms with E-state index in [4.69, 9.17) is 9.47 Å². The lowest BCUT2D eigenvalue weighted by Crippen LogP contribution is -2.48. The number of likely N-dealkylation sites (N-methyl/N-ethyl adjacent to an activating group) is 1. The van der Waals surface area contributed by atoms with E-state index in [1.807, 2.05) is 7.05 Å². The topological polar surface area (TPSA) is 52.6 Å². The van der Waals surface area contributed by atoms with Crippen molar-refractivity contribution in [3.63, 3.8) is 0 Å². The Hall–Kier alpha value is -0.890. The molecule has 0 aliphatic carbocycles. The van der Waals surface area contributed by atoms with Crippen molar-refractivity contribution in [1.82, 2.24) is 20.0 Å². The molecule has 2 heterocycles. The predicted octanol–water partition coefficient (Wildman–Crippen LogP) is 0.430. The third kappa shape index (κ3) is 7.39. The molecule has 0 bridgehead atoms. The van der Waals surface area contributed by atoms with Gasteiger partial charge in [0.2, 0.25) is 0 Å². The van der Waals surface area contributed by atoms with Gasteiger partial charge in [0.15, 0.2) is 5.96 Å². The van der Waals surface area contributed by atoms with Gasteiger partial charge in [0.25, 0.3) is 0 Å². The smallest absolute Gasteiger partial charge is 0.193 e. The average molecular weight is 370 g/mol. The fraction of sp³-hybridized carbons (Fsp3) is 0.947. The third-order valence-corrected chi connectivity index (χ3v) is 5.36. The minimum atomic E-state index is 0.591. The minimum absolute atomic E-state index is 0.591. The molecule has 2 aliphatic rings. The first-order valence-corrected chi connectivity index (χ1v) is 10.1. The summed E-state index contributed by atoms with van der Waals surface area (Å²) in [6.07, 6.45) is 1.17. The molecule has 0 aromatic rings. The van der Waals surface area contributed by atoms with E-state index in [1.165, 1.54) is 32.6 Å². The van der Waals surface area contributed by atoms with Gasteiger partial charge in [-0.2, -0.15) is 0 Å². The summed E-state index contributed by atoms with van der Waals surface area (Å²) in [6, 6.07) is 0. The van der Waals surface area contributed by atoms with Crippen LogP contribution in [0.25, 0.3) is 0 Å². The van der Waals surface area contributed by atoms with Crippen LogP contribution in [0, 0.1) is 11.8 Å². The molecular weight excluding hydrogens is 330 g/mol. The largest absolute Gasteiger partial charge is 0.382 e. The van der Waals surface area contributed by atoms with E-state index in [0.29, 0.717) is 25.0 Å². The Labute approximate surface area is 159 Å². The van der Waals surface area contributed by atoms with Crippen molar-refractivity contribution < 1.29 is 9.47 Å². The quantitative estimate of drug-likeness (QED) is 0.361. The second-order valence-electron chi connectivity index (χ2n) is 7.81. The molecule has 0 saturated carbocycles. The van der Waals surface area contributed by atoms with Crippen LogP contribution < -0.4 is 5.32 Å². The molecule has 2 atom stereocenters. The Kier molecular flexibility index (Phi) is 9.67. The zero-order valence-electron chi connectivity index (χ0n) is 17.2. The van der Waals surface area contributed by atoms with E-state index in [0.717, 1.165) is 38.7 Å². The number of rotatable bonds is 9. The van der Waals surface area contributed by atoms with Crippen molar-refractivity contribution in [3.05, 3.63) is 0 Å². The predicted molar refractivity (Wildman–Crippen MR) is 107 cm³/mol. The molecule has 2 unspecified atom stereocenters. The molecule has 152 valence electrons. The van der Waals surface area contributed by atoms with Crippen LogP contribution in [0.15, 0.2) is 4.99 Å². The number of nitrogens with zero attached hydrogens (tertiary/aromatic N) is 4. The minimum Gasteiger partial charge on any atom is -0.382 e. The molecular formula is C19H39N5O2.